The number of hydrogen-bond donors (Lipinski definition) is 0. The minimum Gasteiger partial charge on any atom is -0.379 e. The molecule has 0 bridgehead atoms. The standard InChI is InChI=1S/C22H22ClFN2O3/c23-17-6-7-19(24)18(12-17)21(28)25-10-8-20(27)26(13-16-4-2-1-3-5-16)22(14-25)9-11-29-15-22/h1-7,12H,8-11,13-15H2. The highest BCUT2D eigenvalue weighted by Crippen LogP contribution is 2.33. The van der Waals surface area contributed by atoms with Crippen LogP contribution in [0.15, 0.2) is 48.5 Å². The topological polar surface area (TPSA) is 49.9 Å². The van der Waals surface area contributed by atoms with Gasteiger partial charge in [0, 0.05) is 37.7 Å². The molecule has 2 aliphatic rings. The first-order valence-electron chi connectivity index (χ1n) is 9.65. The first kappa shape index (κ1) is 19.9. The van der Waals surface area contributed by atoms with Crippen LogP contribution < -0.4 is 0 Å². The van der Waals surface area contributed by atoms with Crippen molar-refractivity contribution < 1.29 is 18.7 Å². The second kappa shape index (κ2) is 8.13. The summed E-state index contributed by atoms with van der Waals surface area (Å²) in [6, 6.07) is 13.7. The maximum atomic E-state index is 14.3. The fraction of sp³-hybridized carbons (Fsp3) is 0.364. The van der Waals surface area contributed by atoms with E-state index in [1.54, 1.807) is 4.90 Å². The summed E-state index contributed by atoms with van der Waals surface area (Å²) in [6.07, 6.45) is 0.815. The molecule has 0 N–H and O–H groups in total. The van der Waals surface area contributed by atoms with E-state index >= 15 is 0 Å². The van der Waals surface area contributed by atoms with Crippen molar-refractivity contribution in [2.24, 2.45) is 0 Å². The predicted molar refractivity (Wildman–Crippen MR) is 107 cm³/mol. The molecule has 152 valence electrons. The number of carbonyl (C=O) groups is 2. The molecule has 7 heteroatoms. The maximum absolute atomic E-state index is 14.3. The number of hydrogen-bond acceptors (Lipinski definition) is 3. The molecule has 0 saturated carbocycles. The summed E-state index contributed by atoms with van der Waals surface area (Å²) in [6.45, 7) is 1.86. The SMILES string of the molecule is O=C(c1cc(Cl)ccc1F)N1CCC(=O)N(Cc2ccccc2)C2(CCOC2)C1. The summed E-state index contributed by atoms with van der Waals surface area (Å²) in [5.41, 5.74) is 0.331. The van der Waals surface area contributed by atoms with Gasteiger partial charge in [-0.2, -0.15) is 0 Å². The third-order valence-electron chi connectivity index (χ3n) is 5.67. The minimum absolute atomic E-state index is 0.0266. The van der Waals surface area contributed by atoms with Crippen LogP contribution in [0.2, 0.25) is 5.02 Å². The highest BCUT2D eigenvalue weighted by molar-refractivity contribution is 6.31. The van der Waals surface area contributed by atoms with E-state index in [0.717, 1.165) is 5.56 Å². The van der Waals surface area contributed by atoms with Crippen LogP contribution in [-0.4, -0.2) is 53.5 Å². The smallest absolute Gasteiger partial charge is 0.256 e. The molecule has 2 aromatic carbocycles. The molecule has 29 heavy (non-hydrogen) atoms. The second-order valence-electron chi connectivity index (χ2n) is 7.59. The molecule has 0 aliphatic carbocycles. The summed E-state index contributed by atoms with van der Waals surface area (Å²) in [4.78, 5) is 29.5. The number of carbonyl (C=O) groups excluding carboxylic acids is 2. The van der Waals surface area contributed by atoms with Crippen LogP contribution >= 0.6 is 11.6 Å². The van der Waals surface area contributed by atoms with Crippen molar-refractivity contribution in [2.75, 3.05) is 26.3 Å². The van der Waals surface area contributed by atoms with Crippen molar-refractivity contribution in [3.05, 3.63) is 70.5 Å². The lowest BCUT2D eigenvalue weighted by Crippen LogP contribution is -2.56. The zero-order chi connectivity index (χ0) is 20.4. The Morgan fingerprint density at radius 2 is 2.00 bits per heavy atom. The molecule has 4 rings (SSSR count). The third-order valence-corrected chi connectivity index (χ3v) is 5.90. The fourth-order valence-corrected chi connectivity index (χ4v) is 4.28. The lowest BCUT2D eigenvalue weighted by atomic mass is 9.94. The van der Waals surface area contributed by atoms with E-state index in [1.807, 2.05) is 35.2 Å². The summed E-state index contributed by atoms with van der Waals surface area (Å²) in [7, 11) is 0. The molecule has 2 amide bonds. The average molecular weight is 417 g/mol. The van der Waals surface area contributed by atoms with Gasteiger partial charge in [-0.3, -0.25) is 9.59 Å². The summed E-state index contributed by atoms with van der Waals surface area (Å²) < 4.78 is 19.9. The number of benzene rings is 2. The molecule has 2 heterocycles. The second-order valence-corrected chi connectivity index (χ2v) is 8.03. The molecule has 1 unspecified atom stereocenters. The van der Waals surface area contributed by atoms with Crippen molar-refractivity contribution in [1.29, 1.82) is 0 Å². The van der Waals surface area contributed by atoms with Gasteiger partial charge in [0.05, 0.1) is 17.7 Å². The number of nitrogens with zero attached hydrogens (tertiary/aromatic N) is 2. The van der Waals surface area contributed by atoms with Gasteiger partial charge in [-0.15, -0.1) is 0 Å². The Labute approximate surface area is 174 Å². The minimum atomic E-state index is -0.618. The molecule has 0 radical (unpaired) electrons. The largest absolute Gasteiger partial charge is 0.379 e. The Bertz CT molecular complexity index is 916. The van der Waals surface area contributed by atoms with Crippen molar-refractivity contribution in [3.63, 3.8) is 0 Å². The molecule has 2 aliphatic heterocycles. The van der Waals surface area contributed by atoms with Crippen LogP contribution in [0, 0.1) is 5.82 Å². The quantitative estimate of drug-likeness (QED) is 0.769. The Kier molecular flexibility index (Phi) is 5.56. The predicted octanol–water partition coefficient (Wildman–Crippen LogP) is 3.51. The molecule has 1 spiro atoms. The van der Waals surface area contributed by atoms with Crippen LogP contribution in [0.25, 0.3) is 0 Å². The highest BCUT2D eigenvalue weighted by atomic mass is 35.5. The Balaban J connectivity index is 1.64. The molecule has 0 aromatic heterocycles. The van der Waals surface area contributed by atoms with E-state index in [0.29, 0.717) is 37.7 Å². The summed E-state index contributed by atoms with van der Waals surface area (Å²) in [5.74, 6) is -1.10. The first-order valence-corrected chi connectivity index (χ1v) is 10.0. The lowest BCUT2D eigenvalue weighted by Gasteiger charge is -2.40. The van der Waals surface area contributed by atoms with E-state index in [4.69, 9.17) is 16.3 Å². The van der Waals surface area contributed by atoms with Crippen molar-refractivity contribution >= 4 is 23.4 Å². The van der Waals surface area contributed by atoms with E-state index in [1.165, 1.54) is 18.2 Å². The van der Waals surface area contributed by atoms with Crippen LogP contribution in [-0.2, 0) is 16.1 Å². The van der Waals surface area contributed by atoms with Crippen molar-refractivity contribution in [1.82, 2.24) is 9.80 Å². The highest BCUT2D eigenvalue weighted by Gasteiger charge is 2.47. The third kappa shape index (κ3) is 4.00. The van der Waals surface area contributed by atoms with Crippen LogP contribution in [0.5, 0.6) is 0 Å². The number of ether oxygens (including phenoxy) is 1. The molecular formula is C22H22ClFN2O3. The van der Waals surface area contributed by atoms with Gasteiger partial charge in [-0.05, 0) is 30.2 Å². The average Bonchev–Trinajstić information content (AvgIpc) is 3.15. The van der Waals surface area contributed by atoms with Gasteiger partial charge in [-0.1, -0.05) is 41.9 Å². The Hall–Kier alpha value is -2.44. The molecule has 2 saturated heterocycles. The number of rotatable bonds is 3. The van der Waals surface area contributed by atoms with Gasteiger partial charge in [0.1, 0.15) is 5.82 Å². The van der Waals surface area contributed by atoms with Crippen LogP contribution in [0.4, 0.5) is 4.39 Å². The summed E-state index contributed by atoms with van der Waals surface area (Å²) >= 11 is 5.97. The molecule has 2 aromatic rings. The van der Waals surface area contributed by atoms with Gasteiger partial charge in [0.15, 0.2) is 0 Å². The molecule has 2 fully saturated rings. The van der Waals surface area contributed by atoms with Crippen molar-refractivity contribution in [2.45, 2.75) is 24.9 Å². The van der Waals surface area contributed by atoms with Crippen LogP contribution in [0.1, 0.15) is 28.8 Å². The van der Waals surface area contributed by atoms with E-state index < -0.39 is 17.3 Å². The van der Waals surface area contributed by atoms with Gasteiger partial charge in [-0.25, -0.2) is 4.39 Å². The zero-order valence-corrected chi connectivity index (χ0v) is 16.7. The Morgan fingerprint density at radius 3 is 2.72 bits per heavy atom. The number of halogens is 2. The summed E-state index contributed by atoms with van der Waals surface area (Å²) in [5, 5.41) is 0.297. The van der Waals surface area contributed by atoms with Gasteiger partial charge < -0.3 is 14.5 Å². The monoisotopic (exact) mass is 416 g/mol. The van der Waals surface area contributed by atoms with E-state index in [-0.39, 0.29) is 24.4 Å². The maximum Gasteiger partial charge on any atom is 0.256 e. The van der Waals surface area contributed by atoms with E-state index in [2.05, 4.69) is 0 Å². The number of amides is 2. The normalized spacial score (nSPS) is 22.2. The first-order chi connectivity index (χ1) is 14.0. The Morgan fingerprint density at radius 1 is 1.21 bits per heavy atom. The van der Waals surface area contributed by atoms with Crippen molar-refractivity contribution in [3.8, 4) is 0 Å². The fourth-order valence-electron chi connectivity index (χ4n) is 4.11. The lowest BCUT2D eigenvalue weighted by molar-refractivity contribution is -0.137. The van der Waals surface area contributed by atoms with Gasteiger partial charge >= 0.3 is 0 Å². The van der Waals surface area contributed by atoms with Crippen LogP contribution in [0.3, 0.4) is 0 Å². The van der Waals surface area contributed by atoms with Gasteiger partial charge in [0.25, 0.3) is 5.91 Å². The van der Waals surface area contributed by atoms with Gasteiger partial charge in [0.2, 0.25) is 5.91 Å². The zero-order valence-electron chi connectivity index (χ0n) is 15.9. The van der Waals surface area contributed by atoms with E-state index in [9.17, 15) is 14.0 Å². The molecule has 1 atom stereocenters. The molecule has 5 nitrogen and oxygen atoms in total. The molecular weight excluding hydrogens is 395 g/mol.